The largest absolute Gasteiger partial charge is 0.358 e. The molecule has 2 aromatic heterocycles. The Kier molecular flexibility index (Phi) is 5.97. The number of H-pyrrole nitrogens is 1. The number of rotatable bonds is 7. The molecule has 0 saturated heterocycles. The Labute approximate surface area is 179 Å². The molecule has 0 spiro atoms. The molecule has 0 aliphatic rings. The van der Waals surface area contributed by atoms with Crippen molar-refractivity contribution in [3.63, 3.8) is 0 Å². The standard InChI is InChI=1S/C24H24FN3OS/c1-16-21(9-11-28(2)14-17-10-12-30-15-17)22-13-20(7-8-23(22)26-16)27-24(29)18-3-5-19(25)6-4-18/h3-8,10,12-13,15,26H,9,11,14H2,1-2H3,(H,27,29). The second kappa shape index (κ2) is 8.81. The van der Waals surface area contributed by atoms with Gasteiger partial charge in [0.15, 0.2) is 0 Å². The van der Waals surface area contributed by atoms with E-state index in [2.05, 4.69) is 46.0 Å². The first-order valence-corrected chi connectivity index (χ1v) is 10.8. The van der Waals surface area contributed by atoms with Gasteiger partial charge in [-0.05, 0) is 90.8 Å². The number of carbonyl (C=O) groups is 1. The highest BCUT2D eigenvalue weighted by molar-refractivity contribution is 7.07. The maximum absolute atomic E-state index is 13.1. The van der Waals surface area contributed by atoms with Crippen molar-refractivity contribution < 1.29 is 9.18 Å². The highest BCUT2D eigenvalue weighted by atomic mass is 32.1. The van der Waals surface area contributed by atoms with Gasteiger partial charge in [-0.3, -0.25) is 4.79 Å². The number of hydrogen-bond donors (Lipinski definition) is 2. The molecule has 0 fully saturated rings. The topological polar surface area (TPSA) is 48.1 Å². The highest BCUT2D eigenvalue weighted by Crippen LogP contribution is 2.26. The first-order valence-electron chi connectivity index (χ1n) is 9.87. The number of likely N-dealkylation sites (N-methyl/N-ethyl adjacent to an activating group) is 1. The summed E-state index contributed by atoms with van der Waals surface area (Å²) in [7, 11) is 2.14. The Bertz CT molecular complexity index is 1150. The van der Waals surface area contributed by atoms with Gasteiger partial charge in [-0.2, -0.15) is 11.3 Å². The highest BCUT2D eigenvalue weighted by Gasteiger charge is 2.12. The summed E-state index contributed by atoms with van der Waals surface area (Å²) in [6, 6.07) is 13.6. The molecule has 154 valence electrons. The minimum atomic E-state index is -0.357. The number of benzene rings is 2. The van der Waals surface area contributed by atoms with E-state index in [0.29, 0.717) is 5.56 Å². The quantitative estimate of drug-likeness (QED) is 0.408. The molecule has 0 aliphatic heterocycles. The van der Waals surface area contributed by atoms with Gasteiger partial charge in [0.2, 0.25) is 0 Å². The van der Waals surface area contributed by atoms with Gasteiger partial charge in [0.05, 0.1) is 0 Å². The van der Waals surface area contributed by atoms with E-state index in [1.807, 2.05) is 18.2 Å². The molecule has 0 atom stereocenters. The fraction of sp³-hybridized carbons (Fsp3) is 0.208. The molecule has 2 aromatic carbocycles. The van der Waals surface area contributed by atoms with Crippen LogP contribution in [0.3, 0.4) is 0 Å². The van der Waals surface area contributed by atoms with Crippen LogP contribution < -0.4 is 5.32 Å². The summed E-state index contributed by atoms with van der Waals surface area (Å²) < 4.78 is 13.1. The average Bonchev–Trinajstić information content (AvgIpc) is 3.33. The second-order valence-corrected chi connectivity index (χ2v) is 8.35. The van der Waals surface area contributed by atoms with E-state index in [4.69, 9.17) is 0 Å². The first kappa shape index (κ1) is 20.3. The molecule has 30 heavy (non-hydrogen) atoms. The summed E-state index contributed by atoms with van der Waals surface area (Å²) in [5.41, 5.74) is 5.96. The van der Waals surface area contributed by atoms with Gasteiger partial charge < -0.3 is 15.2 Å². The lowest BCUT2D eigenvalue weighted by Gasteiger charge is -2.16. The fourth-order valence-corrected chi connectivity index (χ4v) is 4.32. The molecule has 4 nitrogen and oxygen atoms in total. The Morgan fingerprint density at radius 1 is 1.17 bits per heavy atom. The van der Waals surface area contributed by atoms with Crippen molar-refractivity contribution >= 4 is 33.8 Å². The number of aryl methyl sites for hydroxylation is 1. The summed E-state index contributed by atoms with van der Waals surface area (Å²) in [5.74, 6) is -0.608. The van der Waals surface area contributed by atoms with Gasteiger partial charge in [-0.15, -0.1) is 0 Å². The molecule has 2 heterocycles. The normalized spacial score (nSPS) is 11.3. The number of carbonyl (C=O) groups excluding carboxylic acids is 1. The number of nitrogens with one attached hydrogen (secondary N) is 2. The molecule has 4 aromatic rings. The Morgan fingerprint density at radius 2 is 1.97 bits per heavy atom. The van der Waals surface area contributed by atoms with E-state index in [9.17, 15) is 9.18 Å². The van der Waals surface area contributed by atoms with E-state index >= 15 is 0 Å². The van der Waals surface area contributed by atoms with Crippen LogP contribution in [0.4, 0.5) is 10.1 Å². The number of anilines is 1. The van der Waals surface area contributed by atoms with Crippen LogP contribution in [-0.2, 0) is 13.0 Å². The summed E-state index contributed by atoms with van der Waals surface area (Å²) in [5, 5.41) is 8.33. The molecule has 4 rings (SSSR count). The lowest BCUT2D eigenvalue weighted by molar-refractivity contribution is 0.102. The number of aromatic nitrogens is 1. The van der Waals surface area contributed by atoms with Gasteiger partial charge in [0.25, 0.3) is 5.91 Å². The summed E-state index contributed by atoms with van der Waals surface area (Å²) in [4.78, 5) is 18.2. The zero-order chi connectivity index (χ0) is 21.1. The lowest BCUT2D eigenvalue weighted by atomic mass is 10.1. The Morgan fingerprint density at radius 3 is 2.70 bits per heavy atom. The molecule has 1 amide bonds. The molecule has 0 saturated carbocycles. The fourth-order valence-electron chi connectivity index (χ4n) is 3.66. The maximum Gasteiger partial charge on any atom is 0.255 e. The van der Waals surface area contributed by atoms with Crippen molar-refractivity contribution in [2.24, 2.45) is 0 Å². The number of fused-ring (bicyclic) bond motifs is 1. The molecule has 0 radical (unpaired) electrons. The zero-order valence-corrected chi connectivity index (χ0v) is 17.9. The van der Waals surface area contributed by atoms with Crippen LogP contribution in [0.1, 0.15) is 27.2 Å². The number of amides is 1. The zero-order valence-electron chi connectivity index (χ0n) is 17.0. The van der Waals surface area contributed by atoms with Crippen molar-refractivity contribution in [3.05, 3.63) is 87.5 Å². The van der Waals surface area contributed by atoms with Crippen molar-refractivity contribution in [1.29, 1.82) is 0 Å². The monoisotopic (exact) mass is 421 g/mol. The van der Waals surface area contributed by atoms with Crippen molar-refractivity contribution in [2.45, 2.75) is 19.9 Å². The summed E-state index contributed by atoms with van der Waals surface area (Å²) in [6.07, 6.45) is 0.918. The van der Waals surface area contributed by atoms with Crippen molar-refractivity contribution in [3.8, 4) is 0 Å². The Balaban J connectivity index is 1.49. The van der Waals surface area contributed by atoms with Crippen LogP contribution >= 0.6 is 11.3 Å². The molecule has 6 heteroatoms. The van der Waals surface area contributed by atoms with E-state index in [0.717, 1.165) is 41.8 Å². The summed E-state index contributed by atoms with van der Waals surface area (Å²) >= 11 is 1.72. The number of aromatic amines is 1. The lowest BCUT2D eigenvalue weighted by Crippen LogP contribution is -2.20. The van der Waals surface area contributed by atoms with Crippen LogP contribution in [0.2, 0.25) is 0 Å². The molecular formula is C24H24FN3OS. The number of halogens is 1. The number of nitrogens with zero attached hydrogens (tertiary/aromatic N) is 1. The van der Waals surface area contributed by atoms with Gasteiger partial charge >= 0.3 is 0 Å². The van der Waals surface area contributed by atoms with E-state index in [1.165, 1.54) is 35.4 Å². The predicted octanol–water partition coefficient (Wildman–Crippen LogP) is 5.60. The van der Waals surface area contributed by atoms with Gasteiger partial charge in [0, 0.05) is 40.9 Å². The van der Waals surface area contributed by atoms with E-state index in [-0.39, 0.29) is 11.7 Å². The van der Waals surface area contributed by atoms with Crippen LogP contribution in [0.25, 0.3) is 10.9 Å². The van der Waals surface area contributed by atoms with Crippen LogP contribution in [0, 0.1) is 12.7 Å². The second-order valence-electron chi connectivity index (χ2n) is 7.57. The predicted molar refractivity (Wildman–Crippen MR) is 122 cm³/mol. The van der Waals surface area contributed by atoms with E-state index in [1.54, 1.807) is 11.3 Å². The number of hydrogen-bond acceptors (Lipinski definition) is 3. The van der Waals surface area contributed by atoms with Crippen molar-refractivity contribution in [1.82, 2.24) is 9.88 Å². The van der Waals surface area contributed by atoms with E-state index < -0.39 is 0 Å². The van der Waals surface area contributed by atoms with Crippen molar-refractivity contribution in [2.75, 3.05) is 18.9 Å². The minimum absolute atomic E-state index is 0.251. The third-order valence-electron chi connectivity index (χ3n) is 5.26. The molecule has 0 aliphatic carbocycles. The minimum Gasteiger partial charge on any atom is -0.358 e. The third kappa shape index (κ3) is 4.61. The van der Waals surface area contributed by atoms with Gasteiger partial charge in [-0.25, -0.2) is 4.39 Å². The van der Waals surface area contributed by atoms with Crippen LogP contribution in [-0.4, -0.2) is 29.4 Å². The van der Waals surface area contributed by atoms with Gasteiger partial charge in [-0.1, -0.05) is 0 Å². The molecular weight excluding hydrogens is 397 g/mol. The summed E-state index contributed by atoms with van der Waals surface area (Å²) in [6.45, 7) is 3.96. The average molecular weight is 422 g/mol. The molecule has 0 bridgehead atoms. The van der Waals surface area contributed by atoms with Crippen LogP contribution in [0.15, 0.2) is 59.3 Å². The van der Waals surface area contributed by atoms with Crippen LogP contribution in [0.5, 0.6) is 0 Å². The first-order chi connectivity index (χ1) is 14.5. The van der Waals surface area contributed by atoms with Gasteiger partial charge in [0.1, 0.15) is 5.82 Å². The molecule has 0 unspecified atom stereocenters. The SMILES string of the molecule is Cc1[nH]c2ccc(NC(=O)c3ccc(F)cc3)cc2c1CCN(C)Cc1ccsc1. The smallest absolute Gasteiger partial charge is 0.255 e. The Hall–Kier alpha value is -2.96. The maximum atomic E-state index is 13.1. The molecule has 2 N–H and O–H groups in total. The third-order valence-corrected chi connectivity index (χ3v) is 5.99. The number of thiophene rings is 1.